The molecule has 0 saturated carbocycles. The van der Waals surface area contributed by atoms with E-state index in [9.17, 15) is 5.11 Å². The maximum Gasteiger partial charge on any atom is 0.118 e. The van der Waals surface area contributed by atoms with Gasteiger partial charge >= 0.3 is 0 Å². The third-order valence-corrected chi connectivity index (χ3v) is 4.89. The van der Waals surface area contributed by atoms with Crippen molar-refractivity contribution in [2.45, 2.75) is 46.0 Å². The number of hydrogen-bond acceptors (Lipinski definition) is 1. The van der Waals surface area contributed by atoms with E-state index in [1.54, 1.807) is 6.07 Å². The minimum atomic E-state index is -0.0453. The zero-order valence-corrected chi connectivity index (χ0v) is 13.9. The minimum Gasteiger partial charge on any atom is -0.508 e. The molecule has 0 radical (unpaired) electrons. The van der Waals surface area contributed by atoms with Crippen LogP contribution in [0.5, 0.6) is 5.75 Å². The maximum atomic E-state index is 9.82. The van der Waals surface area contributed by atoms with E-state index in [2.05, 4.69) is 44.9 Å². The Balaban J connectivity index is 2.64. The summed E-state index contributed by atoms with van der Waals surface area (Å²) in [5.74, 6) is 3.08. The van der Waals surface area contributed by atoms with Gasteiger partial charge in [0.2, 0.25) is 0 Å². The van der Waals surface area contributed by atoms with E-state index in [1.165, 1.54) is 11.1 Å². The first kappa shape index (κ1) is 16.2. The first-order valence-corrected chi connectivity index (χ1v) is 7.86. The number of terminal acetylenes is 1. The Bertz CT molecular complexity index is 715. The number of hydrogen-bond donors (Lipinski definition) is 1. The Labute approximate surface area is 134 Å². The smallest absolute Gasteiger partial charge is 0.118 e. The van der Waals surface area contributed by atoms with Crippen LogP contribution in [0.15, 0.2) is 36.4 Å². The summed E-state index contributed by atoms with van der Waals surface area (Å²) in [5, 5.41) is 9.82. The molecule has 1 N–H and O–H groups in total. The average molecular weight is 292 g/mol. The number of aryl methyl sites for hydroxylation is 2. The van der Waals surface area contributed by atoms with E-state index < -0.39 is 0 Å². The topological polar surface area (TPSA) is 20.2 Å². The molecule has 1 nitrogen and oxygen atoms in total. The highest BCUT2D eigenvalue weighted by molar-refractivity contribution is 5.49. The van der Waals surface area contributed by atoms with Gasteiger partial charge in [0, 0.05) is 11.0 Å². The summed E-state index contributed by atoms with van der Waals surface area (Å²) in [6.45, 7) is 8.45. The molecule has 0 saturated heterocycles. The molecule has 114 valence electrons. The molecule has 0 unspecified atom stereocenters. The highest BCUT2D eigenvalue weighted by Crippen LogP contribution is 2.40. The van der Waals surface area contributed by atoms with Crippen LogP contribution in [0.2, 0.25) is 0 Å². The first-order valence-electron chi connectivity index (χ1n) is 7.86. The molecule has 2 aromatic rings. The molecule has 0 atom stereocenters. The van der Waals surface area contributed by atoms with E-state index in [0.29, 0.717) is 5.75 Å². The Hall–Kier alpha value is -2.20. The lowest BCUT2D eigenvalue weighted by Crippen LogP contribution is -2.26. The Kier molecular flexibility index (Phi) is 4.62. The molecule has 1 heteroatoms. The van der Waals surface area contributed by atoms with Crippen molar-refractivity contribution in [3.05, 3.63) is 64.2 Å². The predicted molar refractivity (Wildman–Crippen MR) is 93.3 cm³/mol. The van der Waals surface area contributed by atoms with Crippen LogP contribution in [0.4, 0.5) is 0 Å². The summed E-state index contributed by atoms with van der Waals surface area (Å²) in [7, 11) is 0. The van der Waals surface area contributed by atoms with Gasteiger partial charge in [0.15, 0.2) is 0 Å². The van der Waals surface area contributed by atoms with E-state index in [4.69, 9.17) is 6.42 Å². The lowest BCUT2D eigenvalue weighted by Gasteiger charge is -2.34. The molecule has 0 heterocycles. The van der Waals surface area contributed by atoms with Crippen LogP contribution in [-0.4, -0.2) is 5.11 Å². The molecule has 0 aliphatic heterocycles. The quantitative estimate of drug-likeness (QED) is 0.778. The summed E-state index contributed by atoms with van der Waals surface area (Å²) in [5.41, 5.74) is 5.50. The number of phenols is 1. The van der Waals surface area contributed by atoms with Gasteiger partial charge in [-0.1, -0.05) is 44.0 Å². The number of phenolic OH excluding ortho intramolecular Hbond substituents is 1. The molecule has 0 aromatic heterocycles. The summed E-state index contributed by atoms with van der Waals surface area (Å²) < 4.78 is 0. The van der Waals surface area contributed by atoms with Crippen LogP contribution in [0.1, 0.15) is 54.5 Å². The maximum absolute atomic E-state index is 9.82. The molecule has 0 aliphatic rings. The molecule has 22 heavy (non-hydrogen) atoms. The van der Waals surface area contributed by atoms with Crippen molar-refractivity contribution in [3.63, 3.8) is 0 Å². The van der Waals surface area contributed by atoms with Crippen LogP contribution >= 0.6 is 0 Å². The number of benzene rings is 2. The zero-order valence-electron chi connectivity index (χ0n) is 13.9. The van der Waals surface area contributed by atoms with Crippen LogP contribution in [0.25, 0.3) is 0 Å². The van der Waals surface area contributed by atoms with Gasteiger partial charge < -0.3 is 5.11 Å². The molecule has 0 amide bonds. The van der Waals surface area contributed by atoms with Gasteiger partial charge in [-0.05, 0) is 61.1 Å². The Morgan fingerprint density at radius 2 is 1.50 bits per heavy atom. The largest absolute Gasteiger partial charge is 0.508 e. The van der Waals surface area contributed by atoms with Crippen molar-refractivity contribution in [2.24, 2.45) is 0 Å². The Morgan fingerprint density at radius 1 is 0.955 bits per heavy atom. The van der Waals surface area contributed by atoms with Gasteiger partial charge in [0.25, 0.3) is 0 Å². The normalized spacial score (nSPS) is 11.2. The lowest BCUT2D eigenvalue weighted by molar-refractivity contribution is 0.461. The van der Waals surface area contributed by atoms with Gasteiger partial charge in [0.1, 0.15) is 5.75 Å². The summed E-state index contributed by atoms with van der Waals surface area (Å²) in [6, 6.07) is 12.3. The molecule has 0 bridgehead atoms. The summed E-state index contributed by atoms with van der Waals surface area (Å²) in [4.78, 5) is 0. The second kappa shape index (κ2) is 6.28. The van der Waals surface area contributed by atoms with E-state index in [-0.39, 0.29) is 5.41 Å². The van der Waals surface area contributed by atoms with Gasteiger partial charge in [-0.25, -0.2) is 0 Å². The third-order valence-electron chi connectivity index (χ3n) is 4.89. The molecule has 0 spiro atoms. The minimum absolute atomic E-state index is 0.0453. The van der Waals surface area contributed by atoms with Gasteiger partial charge in [-0.3, -0.25) is 0 Å². The fourth-order valence-electron chi connectivity index (χ4n) is 3.31. The van der Waals surface area contributed by atoms with E-state index in [1.807, 2.05) is 19.1 Å². The SMILES string of the molecule is C#Cc1ccc(C(CC)(CC)c2ccc(O)c(C)c2)cc1C. The monoisotopic (exact) mass is 292 g/mol. The van der Waals surface area contributed by atoms with Crippen molar-refractivity contribution in [3.8, 4) is 18.1 Å². The highest BCUT2D eigenvalue weighted by atomic mass is 16.3. The molecular formula is C21H24O. The fourth-order valence-corrected chi connectivity index (χ4v) is 3.31. The summed E-state index contributed by atoms with van der Waals surface area (Å²) >= 11 is 0. The highest BCUT2D eigenvalue weighted by Gasteiger charge is 2.31. The third kappa shape index (κ3) is 2.62. The van der Waals surface area contributed by atoms with Crippen LogP contribution < -0.4 is 0 Å². The van der Waals surface area contributed by atoms with Gasteiger partial charge in [-0.2, -0.15) is 0 Å². The van der Waals surface area contributed by atoms with Crippen molar-refractivity contribution < 1.29 is 5.11 Å². The molecule has 0 fully saturated rings. The first-order chi connectivity index (χ1) is 10.5. The zero-order chi connectivity index (χ0) is 16.3. The second-order valence-corrected chi connectivity index (χ2v) is 5.96. The second-order valence-electron chi connectivity index (χ2n) is 5.96. The van der Waals surface area contributed by atoms with Crippen LogP contribution in [0.3, 0.4) is 0 Å². The van der Waals surface area contributed by atoms with Crippen LogP contribution in [0, 0.1) is 26.2 Å². The lowest BCUT2D eigenvalue weighted by atomic mass is 9.70. The standard InChI is InChI=1S/C21H24O/c1-6-17-9-10-18(13-15(17)4)21(7-2,8-3)19-11-12-20(22)16(5)14-19/h1,9-14,22H,7-8H2,2-5H3. The van der Waals surface area contributed by atoms with E-state index >= 15 is 0 Å². The fraction of sp³-hybridized carbons (Fsp3) is 0.333. The molecule has 0 aliphatic carbocycles. The predicted octanol–water partition coefficient (Wildman–Crippen LogP) is 5.10. The van der Waals surface area contributed by atoms with Crippen molar-refractivity contribution in [1.82, 2.24) is 0 Å². The van der Waals surface area contributed by atoms with Crippen molar-refractivity contribution in [1.29, 1.82) is 0 Å². The van der Waals surface area contributed by atoms with Gasteiger partial charge in [-0.15, -0.1) is 6.42 Å². The molecular weight excluding hydrogens is 268 g/mol. The summed E-state index contributed by atoms with van der Waals surface area (Å²) in [6.07, 6.45) is 7.55. The van der Waals surface area contributed by atoms with Crippen molar-refractivity contribution in [2.75, 3.05) is 0 Å². The molecule has 2 rings (SSSR count). The van der Waals surface area contributed by atoms with E-state index in [0.717, 1.165) is 29.5 Å². The Morgan fingerprint density at radius 3 is 1.95 bits per heavy atom. The molecule has 2 aromatic carbocycles. The van der Waals surface area contributed by atoms with Gasteiger partial charge in [0.05, 0.1) is 0 Å². The van der Waals surface area contributed by atoms with Crippen LogP contribution in [-0.2, 0) is 5.41 Å². The number of rotatable bonds is 4. The number of aromatic hydroxyl groups is 1. The van der Waals surface area contributed by atoms with Crippen molar-refractivity contribution >= 4 is 0 Å². The average Bonchev–Trinajstić information content (AvgIpc) is 2.52.